The van der Waals surface area contributed by atoms with Crippen LogP contribution in [0.25, 0.3) is 0 Å². The molecule has 2 rings (SSSR count). The van der Waals surface area contributed by atoms with E-state index in [1.54, 1.807) is 17.0 Å². The molecule has 1 unspecified atom stereocenters. The minimum Gasteiger partial charge on any atom is -0.340 e. The number of carbonyl (C=O) groups is 1. The van der Waals surface area contributed by atoms with Crippen molar-refractivity contribution in [2.24, 2.45) is 5.92 Å². The molecule has 0 radical (unpaired) electrons. The van der Waals surface area contributed by atoms with Crippen LogP contribution in [-0.4, -0.2) is 63.3 Å². The highest BCUT2D eigenvalue weighted by atomic mass is 35.5. The molecular weight excluding hydrogens is 374 g/mol. The molecule has 0 spiro atoms. The fourth-order valence-corrected chi connectivity index (χ4v) is 4.54. The molecule has 1 aromatic carbocycles. The molecule has 0 bridgehead atoms. The first kappa shape index (κ1) is 22.9. The van der Waals surface area contributed by atoms with Gasteiger partial charge in [-0.2, -0.15) is 4.31 Å². The molecule has 8 heteroatoms. The van der Waals surface area contributed by atoms with E-state index in [0.717, 1.165) is 18.4 Å². The zero-order valence-corrected chi connectivity index (χ0v) is 17.4. The lowest BCUT2D eigenvalue weighted by atomic mass is 10.1. The summed E-state index contributed by atoms with van der Waals surface area (Å²) in [7, 11) is -1.67. The van der Waals surface area contributed by atoms with E-state index < -0.39 is 10.0 Å². The Labute approximate surface area is 163 Å². The Morgan fingerprint density at radius 3 is 2.23 bits per heavy atom. The minimum absolute atomic E-state index is 0. The van der Waals surface area contributed by atoms with E-state index in [2.05, 4.69) is 12.2 Å². The molecule has 0 aliphatic carbocycles. The molecule has 1 amide bonds. The lowest BCUT2D eigenvalue weighted by Crippen LogP contribution is -2.52. The number of sulfonamides is 1. The van der Waals surface area contributed by atoms with Gasteiger partial charge in [0, 0.05) is 38.6 Å². The van der Waals surface area contributed by atoms with Crippen LogP contribution in [0.1, 0.15) is 25.8 Å². The van der Waals surface area contributed by atoms with E-state index in [4.69, 9.17) is 0 Å². The van der Waals surface area contributed by atoms with Gasteiger partial charge in [0.2, 0.25) is 15.9 Å². The number of amides is 1. The third-order valence-corrected chi connectivity index (χ3v) is 6.49. The van der Waals surface area contributed by atoms with Gasteiger partial charge < -0.3 is 10.2 Å². The van der Waals surface area contributed by atoms with Crippen molar-refractivity contribution in [2.45, 2.75) is 31.6 Å². The summed E-state index contributed by atoms with van der Waals surface area (Å²) in [6, 6.07) is 7.14. The summed E-state index contributed by atoms with van der Waals surface area (Å²) >= 11 is 0. The minimum atomic E-state index is -3.49. The third kappa shape index (κ3) is 5.42. The second-order valence-corrected chi connectivity index (χ2v) is 8.52. The van der Waals surface area contributed by atoms with E-state index in [1.165, 1.54) is 4.31 Å². The Bertz CT molecular complexity index is 671. The molecule has 1 atom stereocenters. The van der Waals surface area contributed by atoms with Crippen molar-refractivity contribution in [2.75, 3.05) is 39.8 Å². The highest BCUT2D eigenvalue weighted by Gasteiger charge is 2.31. The van der Waals surface area contributed by atoms with Crippen LogP contribution in [0.2, 0.25) is 0 Å². The second-order valence-electron chi connectivity index (χ2n) is 6.58. The van der Waals surface area contributed by atoms with Crippen molar-refractivity contribution in [3.63, 3.8) is 0 Å². The number of nitrogens with zero attached hydrogens (tertiary/aromatic N) is 2. The number of nitrogens with one attached hydrogen (secondary N) is 1. The number of hydrogen-bond donors (Lipinski definition) is 1. The standard InChI is InChI=1S/C18H29N3O3S.ClH/c1-4-5-16-6-8-17(9-7-16)25(23,24)21-12-10-20(11-13-21)18(22)15(2)14-19-3;/h6-9,15,19H,4-5,10-14H2,1-3H3;1H. The molecule has 1 aromatic rings. The normalized spacial score (nSPS) is 16.8. The number of halogens is 1. The highest BCUT2D eigenvalue weighted by molar-refractivity contribution is 7.89. The van der Waals surface area contributed by atoms with Gasteiger partial charge in [0.15, 0.2) is 0 Å². The molecular formula is C18H30ClN3O3S. The zero-order valence-electron chi connectivity index (χ0n) is 15.8. The van der Waals surface area contributed by atoms with Gasteiger partial charge in [0.05, 0.1) is 4.90 Å². The van der Waals surface area contributed by atoms with Crippen molar-refractivity contribution >= 4 is 28.3 Å². The van der Waals surface area contributed by atoms with Gasteiger partial charge in [0.25, 0.3) is 0 Å². The van der Waals surface area contributed by atoms with Gasteiger partial charge in [-0.15, -0.1) is 12.4 Å². The molecule has 1 heterocycles. The van der Waals surface area contributed by atoms with Gasteiger partial charge in [-0.05, 0) is 31.2 Å². The molecule has 26 heavy (non-hydrogen) atoms. The second kappa shape index (κ2) is 10.3. The lowest BCUT2D eigenvalue weighted by molar-refractivity contribution is -0.136. The smallest absolute Gasteiger partial charge is 0.243 e. The quantitative estimate of drug-likeness (QED) is 0.753. The molecule has 0 aromatic heterocycles. The predicted molar refractivity (Wildman–Crippen MR) is 106 cm³/mol. The summed E-state index contributed by atoms with van der Waals surface area (Å²) in [4.78, 5) is 14.4. The molecule has 1 aliphatic heterocycles. The first-order valence-corrected chi connectivity index (χ1v) is 10.4. The van der Waals surface area contributed by atoms with E-state index in [1.807, 2.05) is 26.1 Å². The van der Waals surface area contributed by atoms with E-state index in [9.17, 15) is 13.2 Å². The molecule has 148 valence electrons. The van der Waals surface area contributed by atoms with Gasteiger partial charge in [0.1, 0.15) is 0 Å². The molecule has 1 saturated heterocycles. The van der Waals surface area contributed by atoms with Crippen LogP contribution in [0, 0.1) is 5.92 Å². The maximum Gasteiger partial charge on any atom is 0.243 e. The average Bonchev–Trinajstić information content (AvgIpc) is 2.62. The number of aryl methyl sites for hydroxylation is 1. The predicted octanol–water partition coefficient (Wildman–Crippen LogP) is 1.75. The topological polar surface area (TPSA) is 69.7 Å². The van der Waals surface area contributed by atoms with E-state index >= 15 is 0 Å². The fraction of sp³-hybridized carbons (Fsp3) is 0.611. The highest BCUT2D eigenvalue weighted by Crippen LogP contribution is 2.19. The first-order chi connectivity index (χ1) is 11.9. The maximum atomic E-state index is 12.8. The molecule has 1 aliphatic rings. The summed E-state index contributed by atoms with van der Waals surface area (Å²) in [6.45, 7) is 6.19. The van der Waals surface area contributed by atoms with Gasteiger partial charge in [-0.1, -0.05) is 32.4 Å². The summed E-state index contributed by atoms with van der Waals surface area (Å²) in [5.41, 5.74) is 1.15. The van der Waals surface area contributed by atoms with Crippen molar-refractivity contribution in [1.29, 1.82) is 0 Å². The van der Waals surface area contributed by atoms with Crippen molar-refractivity contribution < 1.29 is 13.2 Å². The van der Waals surface area contributed by atoms with E-state index in [-0.39, 0.29) is 24.2 Å². The Kier molecular flexibility index (Phi) is 9.03. The monoisotopic (exact) mass is 403 g/mol. The summed E-state index contributed by atoms with van der Waals surface area (Å²) in [5, 5.41) is 3.00. The number of rotatable bonds is 7. The van der Waals surface area contributed by atoms with Crippen LogP contribution in [0.3, 0.4) is 0 Å². The van der Waals surface area contributed by atoms with Gasteiger partial charge in [-0.25, -0.2) is 8.42 Å². The van der Waals surface area contributed by atoms with Crippen LogP contribution < -0.4 is 5.32 Å². The molecule has 1 fully saturated rings. The number of piperazine rings is 1. The van der Waals surface area contributed by atoms with Crippen LogP contribution in [0.4, 0.5) is 0 Å². The molecule has 1 N–H and O–H groups in total. The zero-order chi connectivity index (χ0) is 18.4. The SMILES string of the molecule is CCCc1ccc(S(=O)(=O)N2CCN(C(=O)C(C)CNC)CC2)cc1.Cl. The Morgan fingerprint density at radius 2 is 1.73 bits per heavy atom. The maximum absolute atomic E-state index is 12.8. The Balaban J connectivity index is 0.00000338. The molecule has 6 nitrogen and oxygen atoms in total. The molecule has 0 saturated carbocycles. The summed E-state index contributed by atoms with van der Waals surface area (Å²) < 4.78 is 27.0. The average molecular weight is 404 g/mol. The van der Waals surface area contributed by atoms with Gasteiger partial charge >= 0.3 is 0 Å². The first-order valence-electron chi connectivity index (χ1n) is 8.92. The Hall–Kier alpha value is -1.15. The number of hydrogen-bond acceptors (Lipinski definition) is 4. The largest absolute Gasteiger partial charge is 0.340 e. The Morgan fingerprint density at radius 1 is 1.15 bits per heavy atom. The number of carbonyl (C=O) groups excluding carboxylic acids is 1. The van der Waals surface area contributed by atoms with E-state index in [0.29, 0.717) is 37.6 Å². The summed E-state index contributed by atoms with van der Waals surface area (Å²) in [5.74, 6) is -0.0189. The van der Waals surface area contributed by atoms with Crippen LogP contribution >= 0.6 is 12.4 Å². The van der Waals surface area contributed by atoms with Crippen LogP contribution in [0.15, 0.2) is 29.2 Å². The lowest BCUT2D eigenvalue weighted by Gasteiger charge is -2.35. The van der Waals surface area contributed by atoms with Crippen molar-refractivity contribution in [3.05, 3.63) is 29.8 Å². The van der Waals surface area contributed by atoms with Crippen molar-refractivity contribution in [3.8, 4) is 0 Å². The van der Waals surface area contributed by atoms with Crippen LogP contribution in [0.5, 0.6) is 0 Å². The fourth-order valence-electron chi connectivity index (χ4n) is 3.12. The summed E-state index contributed by atoms with van der Waals surface area (Å²) in [6.07, 6.45) is 1.99. The van der Waals surface area contributed by atoms with Gasteiger partial charge in [-0.3, -0.25) is 4.79 Å². The van der Waals surface area contributed by atoms with Crippen molar-refractivity contribution in [1.82, 2.24) is 14.5 Å². The third-order valence-electron chi connectivity index (χ3n) is 4.58. The number of benzene rings is 1. The van der Waals surface area contributed by atoms with Crippen LogP contribution in [-0.2, 0) is 21.2 Å².